The molecule has 3 N–H and O–H groups in total. The summed E-state index contributed by atoms with van der Waals surface area (Å²) in [4.78, 5) is 26.2. The van der Waals surface area contributed by atoms with E-state index in [0.717, 1.165) is 0 Å². The molecular formula is C19H16ClN3O3. The predicted octanol–water partition coefficient (Wildman–Crippen LogP) is 2.90. The summed E-state index contributed by atoms with van der Waals surface area (Å²) in [6, 6.07) is 6.88. The fraction of sp³-hybridized carbons (Fsp3) is 0.316. The van der Waals surface area contributed by atoms with E-state index in [1.165, 1.54) is 0 Å². The molecule has 1 aliphatic carbocycles. The number of fused-ring (bicyclic) bond motifs is 3. The van der Waals surface area contributed by atoms with Gasteiger partial charge in [-0.25, -0.2) is 0 Å². The number of ether oxygens (including phenoxy) is 1. The highest BCUT2D eigenvalue weighted by molar-refractivity contribution is 6.31. The lowest BCUT2D eigenvalue weighted by molar-refractivity contribution is -0.124. The van der Waals surface area contributed by atoms with Gasteiger partial charge in [0.05, 0.1) is 5.57 Å². The van der Waals surface area contributed by atoms with Crippen LogP contribution >= 0.6 is 11.6 Å². The van der Waals surface area contributed by atoms with Gasteiger partial charge in [0.25, 0.3) is 0 Å². The molecule has 1 spiro atoms. The molecule has 3 aliphatic rings. The molecule has 0 aromatic heterocycles. The van der Waals surface area contributed by atoms with E-state index in [0.29, 0.717) is 28.5 Å². The summed E-state index contributed by atoms with van der Waals surface area (Å²) in [5, 5.41) is 12.9. The number of nitriles is 1. The number of anilines is 1. The van der Waals surface area contributed by atoms with Gasteiger partial charge in [0.1, 0.15) is 22.8 Å². The number of carbonyl (C=O) groups is 2. The average Bonchev–Trinajstić information content (AvgIpc) is 2.78. The Morgan fingerprint density at radius 2 is 2.04 bits per heavy atom. The van der Waals surface area contributed by atoms with Crippen molar-refractivity contribution < 1.29 is 14.3 Å². The first-order chi connectivity index (χ1) is 12.2. The highest BCUT2D eigenvalue weighted by atomic mass is 35.5. The number of nitrogens with zero attached hydrogens (tertiary/aromatic N) is 1. The van der Waals surface area contributed by atoms with Gasteiger partial charge >= 0.3 is 0 Å². The molecule has 1 atom stereocenters. The standard InChI is InChI=1S/C19H16ClN3O3/c1-18(2)6-13(24)15-14(7-18)26-16(22)11(8-21)19(15)10-4-3-9(20)5-12(10)23-17(19)25/h3-5H,6-7,22H2,1-2H3,(H,23,25)/t19-/m0/s1. The summed E-state index contributed by atoms with van der Waals surface area (Å²) in [5.41, 5.74) is 5.22. The second kappa shape index (κ2) is 5.12. The van der Waals surface area contributed by atoms with Crippen molar-refractivity contribution in [2.45, 2.75) is 32.1 Å². The maximum absolute atomic E-state index is 13.2. The summed E-state index contributed by atoms with van der Waals surface area (Å²) < 4.78 is 5.66. The van der Waals surface area contributed by atoms with Crippen molar-refractivity contribution in [2.24, 2.45) is 11.1 Å². The maximum atomic E-state index is 13.2. The third-order valence-corrected chi connectivity index (χ3v) is 5.39. The number of benzene rings is 1. The topological polar surface area (TPSA) is 105 Å². The summed E-state index contributed by atoms with van der Waals surface area (Å²) in [5.74, 6) is -0.483. The lowest BCUT2D eigenvalue weighted by Gasteiger charge is -2.41. The number of amides is 1. The van der Waals surface area contributed by atoms with E-state index in [-0.39, 0.29) is 34.6 Å². The first-order valence-corrected chi connectivity index (χ1v) is 8.55. The number of carbonyl (C=O) groups excluding carboxylic acids is 2. The van der Waals surface area contributed by atoms with Crippen LogP contribution in [-0.4, -0.2) is 11.7 Å². The van der Waals surface area contributed by atoms with Gasteiger partial charge in [0.2, 0.25) is 11.8 Å². The Hall–Kier alpha value is -2.78. The van der Waals surface area contributed by atoms with Gasteiger partial charge in [-0.2, -0.15) is 5.26 Å². The Labute approximate surface area is 155 Å². The van der Waals surface area contributed by atoms with E-state index in [1.54, 1.807) is 18.2 Å². The maximum Gasteiger partial charge on any atom is 0.245 e. The second-order valence-electron chi connectivity index (χ2n) is 7.59. The van der Waals surface area contributed by atoms with Gasteiger partial charge in [0, 0.05) is 29.1 Å². The SMILES string of the molecule is CC1(C)CC(=O)C2=C(C1)OC(N)=C(C#N)[C@]21C(=O)Nc2cc(Cl)ccc21. The van der Waals surface area contributed by atoms with E-state index in [2.05, 4.69) is 5.32 Å². The molecule has 0 radical (unpaired) electrons. The molecule has 26 heavy (non-hydrogen) atoms. The normalized spacial score (nSPS) is 26.2. The van der Waals surface area contributed by atoms with Crippen LogP contribution in [0, 0.1) is 16.7 Å². The van der Waals surface area contributed by atoms with E-state index < -0.39 is 11.3 Å². The number of halogens is 1. The Balaban J connectivity index is 2.09. The molecule has 1 amide bonds. The van der Waals surface area contributed by atoms with Gasteiger partial charge < -0.3 is 15.8 Å². The molecular weight excluding hydrogens is 354 g/mol. The van der Waals surface area contributed by atoms with Gasteiger partial charge in [0.15, 0.2) is 5.78 Å². The molecule has 1 aromatic carbocycles. The number of hydrogen-bond donors (Lipinski definition) is 2. The summed E-state index contributed by atoms with van der Waals surface area (Å²) >= 11 is 6.04. The zero-order chi connectivity index (χ0) is 18.9. The number of Topliss-reactive ketones (excluding diaryl/α,β-unsaturated/α-hetero) is 1. The molecule has 0 unspecified atom stereocenters. The molecule has 1 aromatic rings. The van der Waals surface area contributed by atoms with Crippen molar-refractivity contribution in [3.05, 3.63) is 51.6 Å². The predicted molar refractivity (Wildman–Crippen MR) is 94.7 cm³/mol. The summed E-state index contributed by atoms with van der Waals surface area (Å²) in [7, 11) is 0. The number of hydrogen-bond acceptors (Lipinski definition) is 5. The fourth-order valence-corrected chi connectivity index (χ4v) is 4.36. The molecule has 6 nitrogen and oxygen atoms in total. The van der Waals surface area contributed by atoms with Crippen LogP contribution in [0.5, 0.6) is 0 Å². The van der Waals surface area contributed by atoms with Gasteiger partial charge in [-0.15, -0.1) is 0 Å². The van der Waals surface area contributed by atoms with Crippen molar-refractivity contribution in [1.29, 1.82) is 5.26 Å². The van der Waals surface area contributed by atoms with Crippen molar-refractivity contribution in [1.82, 2.24) is 0 Å². The van der Waals surface area contributed by atoms with Crippen LogP contribution in [0.25, 0.3) is 0 Å². The first-order valence-electron chi connectivity index (χ1n) is 8.17. The van der Waals surface area contributed by atoms with Crippen LogP contribution in [0.1, 0.15) is 32.3 Å². The molecule has 4 rings (SSSR count). The van der Waals surface area contributed by atoms with Crippen molar-refractivity contribution in [2.75, 3.05) is 5.32 Å². The second-order valence-corrected chi connectivity index (χ2v) is 8.02. The molecule has 7 heteroatoms. The van der Waals surface area contributed by atoms with Crippen LogP contribution in [-0.2, 0) is 19.7 Å². The third kappa shape index (κ3) is 1.98. The molecule has 2 aliphatic heterocycles. The van der Waals surface area contributed by atoms with E-state index in [4.69, 9.17) is 22.1 Å². The Morgan fingerprint density at radius 3 is 2.73 bits per heavy atom. The molecule has 0 fully saturated rings. The Morgan fingerprint density at radius 1 is 1.31 bits per heavy atom. The van der Waals surface area contributed by atoms with Crippen LogP contribution in [0.3, 0.4) is 0 Å². The number of rotatable bonds is 0. The van der Waals surface area contributed by atoms with Gasteiger partial charge in [-0.1, -0.05) is 31.5 Å². The lowest BCUT2D eigenvalue weighted by Crippen LogP contribution is -2.48. The minimum atomic E-state index is -1.58. The van der Waals surface area contributed by atoms with E-state index in [1.807, 2.05) is 19.9 Å². The summed E-state index contributed by atoms with van der Waals surface area (Å²) in [6.07, 6.45) is 0.706. The average molecular weight is 370 g/mol. The quantitative estimate of drug-likeness (QED) is 0.731. The Bertz CT molecular complexity index is 1000. The highest BCUT2D eigenvalue weighted by Crippen LogP contribution is 2.55. The Kier molecular flexibility index (Phi) is 3.28. The number of ketones is 1. The van der Waals surface area contributed by atoms with Crippen LogP contribution in [0.15, 0.2) is 41.0 Å². The van der Waals surface area contributed by atoms with E-state index in [9.17, 15) is 14.9 Å². The first kappa shape index (κ1) is 16.7. The molecule has 132 valence electrons. The van der Waals surface area contributed by atoms with Crippen LogP contribution in [0.4, 0.5) is 5.69 Å². The van der Waals surface area contributed by atoms with E-state index >= 15 is 0 Å². The van der Waals surface area contributed by atoms with Crippen molar-refractivity contribution in [3.63, 3.8) is 0 Å². The van der Waals surface area contributed by atoms with Gasteiger partial charge in [-0.05, 0) is 17.5 Å². The fourth-order valence-electron chi connectivity index (χ4n) is 4.18. The molecule has 0 saturated carbocycles. The third-order valence-electron chi connectivity index (χ3n) is 5.15. The molecule has 0 saturated heterocycles. The molecule has 0 bridgehead atoms. The monoisotopic (exact) mass is 369 g/mol. The number of allylic oxidation sites excluding steroid dienone is 1. The molecule has 2 heterocycles. The minimum Gasteiger partial charge on any atom is -0.444 e. The zero-order valence-electron chi connectivity index (χ0n) is 14.3. The van der Waals surface area contributed by atoms with Crippen molar-refractivity contribution in [3.8, 4) is 6.07 Å². The zero-order valence-corrected chi connectivity index (χ0v) is 15.0. The van der Waals surface area contributed by atoms with Crippen LogP contribution in [0.2, 0.25) is 5.02 Å². The number of nitrogens with two attached hydrogens (primary N) is 1. The smallest absolute Gasteiger partial charge is 0.245 e. The highest BCUT2D eigenvalue weighted by Gasteiger charge is 2.60. The van der Waals surface area contributed by atoms with Crippen molar-refractivity contribution >= 4 is 29.0 Å². The minimum absolute atomic E-state index is 0.0668. The largest absolute Gasteiger partial charge is 0.444 e. The van der Waals surface area contributed by atoms with Gasteiger partial charge in [-0.3, -0.25) is 9.59 Å². The summed E-state index contributed by atoms with van der Waals surface area (Å²) in [6.45, 7) is 3.90. The van der Waals surface area contributed by atoms with Crippen LogP contribution < -0.4 is 11.1 Å². The lowest BCUT2D eigenvalue weighted by atomic mass is 9.62. The number of nitrogens with one attached hydrogen (secondary N) is 1.